The highest BCUT2D eigenvalue weighted by molar-refractivity contribution is 5.46. The Bertz CT molecular complexity index is 934. The molecule has 10 heteroatoms. The molecule has 0 radical (unpaired) electrons. The summed E-state index contributed by atoms with van der Waals surface area (Å²) in [6.07, 6.45) is -3.69. The van der Waals surface area contributed by atoms with Crippen LogP contribution in [0.3, 0.4) is 0 Å². The Morgan fingerprint density at radius 1 is 1.12 bits per heavy atom. The standard InChI is InChI=1S/C15H12F5N5/c1-7-3-13(25-14(23-7)21-6-22-25)24-8(2)9-4-12(17)10(5-11(9)16)15(18,19)20/h3-6,8,24H,1-2H3/t8-/m1/s1. The number of aromatic nitrogens is 4. The average molecular weight is 357 g/mol. The van der Waals surface area contributed by atoms with E-state index in [4.69, 9.17) is 0 Å². The Labute approximate surface area is 138 Å². The van der Waals surface area contributed by atoms with Gasteiger partial charge in [-0.05, 0) is 26.0 Å². The minimum atomic E-state index is -4.96. The highest BCUT2D eigenvalue weighted by Crippen LogP contribution is 2.34. The molecule has 0 saturated carbocycles. The largest absolute Gasteiger partial charge is 0.419 e. The highest BCUT2D eigenvalue weighted by atomic mass is 19.4. The minimum Gasteiger partial charge on any atom is -0.363 e. The van der Waals surface area contributed by atoms with Gasteiger partial charge in [0, 0.05) is 17.3 Å². The van der Waals surface area contributed by atoms with Crippen LogP contribution in [0, 0.1) is 18.6 Å². The molecule has 0 amide bonds. The summed E-state index contributed by atoms with van der Waals surface area (Å²) >= 11 is 0. The Balaban J connectivity index is 1.97. The van der Waals surface area contributed by atoms with E-state index in [0.717, 1.165) is 0 Å². The number of anilines is 1. The van der Waals surface area contributed by atoms with Crippen molar-refractivity contribution in [3.63, 3.8) is 0 Å². The Hall–Kier alpha value is -2.78. The topological polar surface area (TPSA) is 55.1 Å². The molecular weight excluding hydrogens is 345 g/mol. The lowest BCUT2D eigenvalue weighted by Gasteiger charge is -2.18. The number of halogens is 5. The maximum absolute atomic E-state index is 14.1. The van der Waals surface area contributed by atoms with Gasteiger partial charge in [-0.1, -0.05) is 0 Å². The Kier molecular flexibility index (Phi) is 4.05. The van der Waals surface area contributed by atoms with Crippen molar-refractivity contribution in [2.75, 3.05) is 5.32 Å². The predicted molar refractivity (Wildman–Crippen MR) is 78.9 cm³/mol. The molecule has 2 aromatic heterocycles. The number of fused-ring (bicyclic) bond motifs is 1. The van der Waals surface area contributed by atoms with Gasteiger partial charge in [0.25, 0.3) is 5.78 Å². The summed E-state index contributed by atoms with van der Waals surface area (Å²) in [5, 5.41) is 6.84. The van der Waals surface area contributed by atoms with Crippen LogP contribution < -0.4 is 5.32 Å². The number of rotatable bonds is 3. The second kappa shape index (κ2) is 5.94. The van der Waals surface area contributed by atoms with E-state index in [9.17, 15) is 22.0 Å². The Morgan fingerprint density at radius 2 is 1.84 bits per heavy atom. The summed E-state index contributed by atoms with van der Waals surface area (Å²) in [6.45, 7) is 3.20. The Morgan fingerprint density at radius 3 is 2.52 bits per heavy atom. The lowest BCUT2D eigenvalue weighted by molar-refractivity contribution is -0.140. The molecule has 0 spiro atoms. The molecular formula is C15H12F5N5. The summed E-state index contributed by atoms with van der Waals surface area (Å²) in [5.74, 6) is -2.00. The lowest BCUT2D eigenvalue weighted by Crippen LogP contribution is -2.15. The van der Waals surface area contributed by atoms with E-state index in [1.165, 1.54) is 17.8 Å². The fraction of sp³-hybridized carbons (Fsp3) is 0.267. The monoisotopic (exact) mass is 357 g/mol. The summed E-state index contributed by atoms with van der Waals surface area (Å²) in [6, 6.07) is 1.48. The molecule has 2 heterocycles. The molecule has 132 valence electrons. The lowest BCUT2D eigenvalue weighted by atomic mass is 10.0. The van der Waals surface area contributed by atoms with Crippen LogP contribution in [0.15, 0.2) is 24.5 Å². The number of alkyl halides is 3. The molecule has 0 saturated heterocycles. The molecule has 0 aliphatic rings. The third-order valence-corrected chi connectivity index (χ3v) is 3.60. The van der Waals surface area contributed by atoms with Gasteiger partial charge in [-0.2, -0.15) is 27.8 Å². The zero-order valence-electron chi connectivity index (χ0n) is 13.1. The number of hydrogen-bond donors (Lipinski definition) is 1. The van der Waals surface area contributed by atoms with Crippen molar-refractivity contribution in [3.8, 4) is 0 Å². The molecule has 5 nitrogen and oxygen atoms in total. The molecule has 0 bridgehead atoms. The molecule has 0 unspecified atom stereocenters. The number of nitrogens with one attached hydrogen (secondary N) is 1. The first kappa shape index (κ1) is 17.1. The van der Waals surface area contributed by atoms with Crippen LogP contribution in [0.1, 0.15) is 29.8 Å². The van der Waals surface area contributed by atoms with Crippen LogP contribution in [0.2, 0.25) is 0 Å². The van der Waals surface area contributed by atoms with Crippen LogP contribution in [-0.2, 0) is 6.18 Å². The van der Waals surface area contributed by atoms with E-state index >= 15 is 0 Å². The number of hydrogen-bond acceptors (Lipinski definition) is 4. The van der Waals surface area contributed by atoms with Crippen LogP contribution in [0.4, 0.5) is 27.8 Å². The van der Waals surface area contributed by atoms with E-state index in [1.807, 2.05) is 0 Å². The van der Waals surface area contributed by atoms with Crippen LogP contribution in [0.25, 0.3) is 5.78 Å². The summed E-state index contributed by atoms with van der Waals surface area (Å²) in [5.41, 5.74) is -1.28. The van der Waals surface area contributed by atoms with Gasteiger partial charge in [-0.3, -0.25) is 0 Å². The van der Waals surface area contributed by atoms with Crippen molar-refractivity contribution < 1.29 is 22.0 Å². The SMILES string of the molecule is Cc1cc(N[C@H](C)c2cc(F)c(C(F)(F)F)cc2F)n2ncnc2n1. The smallest absolute Gasteiger partial charge is 0.363 e. The quantitative estimate of drug-likeness (QED) is 0.723. The molecule has 1 N–H and O–H groups in total. The maximum atomic E-state index is 14.1. The van der Waals surface area contributed by atoms with E-state index < -0.39 is 29.4 Å². The first-order valence-electron chi connectivity index (χ1n) is 7.17. The molecule has 1 aromatic carbocycles. The minimum absolute atomic E-state index is 0.158. The summed E-state index contributed by atoms with van der Waals surface area (Å²) in [4.78, 5) is 8.07. The van der Waals surface area contributed by atoms with Crippen LogP contribution in [-0.4, -0.2) is 19.6 Å². The molecule has 0 aliphatic carbocycles. The molecule has 3 rings (SSSR count). The van der Waals surface area contributed by atoms with Crippen molar-refractivity contribution in [2.45, 2.75) is 26.1 Å². The molecule has 0 fully saturated rings. The zero-order chi connectivity index (χ0) is 18.4. The zero-order valence-corrected chi connectivity index (χ0v) is 13.1. The van der Waals surface area contributed by atoms with Gasteiger partial charge < -0.3 is 5.32 Å². The van der Waals surface area contributed by atoms with Crippen LogP contribution >= 0.6 is 0 Å². The van der Waals surface area contributed by atoms with E-state index in [1.54, 1.807) is 13.0 Å². The number of nitrogens with zero attached hydrogens (tertiary/aromatic N) is 4. The van der Waals surface area contributed by atoms with Crippen LogP contribution in [0.5, 0.6) is 0 Å². The maximum Gasteiger partial charge on any atom is 0.419 e. The van der Waals surface area contributed by atoms with Gasteiger partial charge in [-0.25, -0.2) is 13.8 Å². The number of aryl methyl sites for hydroxylation is 1. The van der Waals surface area contributed by atoms with Crippen molar-refractivity contribution >= 4 is 11.6 Å². The summed E-state index contributed by atoms with van der Waals surface area (Å²) < 4.78 is 67.1. The van der Waals surface area contributed by atoms with Crippen molar-refractivity contribution in [2.24, 2.45) is 0 Å². The van der Waals surface area contributed by atoms with E-state index in [2.05, 4.69) is 20.4 Å². The van der Waals surface area contributed by atoms with E-state index in [0.29, 0.717) is 23.4 Å². The summed E-state index contributed by atoms with van der Waals surface area (Å²) in [7, 11) is 0. The second-order valence-electron chi connectivity index (χ2n) is 5.47. The average Bonchev–Trinajstić information content (AvgIpc) is 2.96. The normalized spacial score (nSPS) is 13.2. The molecule has 1 atom stereocenters. The third-order valence-electron chi connectivity index (χ3n) is 3.60. The molecule has 3 aromatic rings. The number of benzene rings is 1. The predicted octanol–water partition coefficient (Wildman–Crippen LogP) is 3.90. The highest BCUT2D eigenvalue weighted by Gasteiger charge is 2.35. The third kappa shape index (κ3) is 3.24. The second-order valence-corrected chi connectivity index (χ2v) is 5.47. The van der Waals surface area contributed by atoms with Gasteiger partial charge >= 0.3 is 6.18 Å². The van der Waals surface area contributed by atoms with Crippen molar-refractivity contribution in [1.82, 2.24) is 19.6 Å². The van der Waals surface area contributed by atoms with Gasteiger partial charge in [0.15, 0.2) is 0 Å². The first-order valence-corrected chi connectivity index (χ1v) is 7.17. The van der Waals surface area contributed by atoms with Gasteiger partial charge in [0.1, 0.15) is 23.8 Å². The molecule has 25 heavy (non-hydrogen) atoms. The van der Waals surface area contributed by atoms with E-state index in [-0.39, 0.29) is 11.6 Å². The first-order chi connectivity index (χ1) is 11.7. The van der Waals surface area contributed by atoms with Crippen molar-refractivity contribution in [1.29, 1.82) is 0 Å². The fourth-order valence-corrected chi connectivity index (χ4v) is 2.44. The van der Waals surface area contributed by atoms with Gasteiger partial charge in [-0.15, -0.1) is 0 Å². The fourth-order valence-electron chi connectivity index (χ4n) is 2.44. The van der Waals surface area contributed by atoms with Crippen molar-refractivity contribution in [3.05, 3.63) is 53.0 Å². The van der Waals surface area contributed by atoms with Gasteiger partial charge in [0.05, 0.1) is 11.6 Å². The van der Waals surface area contributed by atoms with Gasteiger partial charge in [0.2, 0.25) is 0 Å². The molecule has 0 aliphatic heterocycles.